The highest BCUT2D eigenvalue weighted by molar-refractivity contribution is 6.02. The Morgan fingerprint density at radius 1 is 0.865 bits per heavy atom. The smallest absolute Gasteiger partial charge is 0.253 e. The van der Waals surface area contributed by atoms with Crippen LogP contribution in [0.1, 0.15) is 15.9 Å². The number of hydrogen-bond acceptors (Lipinski definition) is 7. The summed E-state index contributed by atoms with van der Waals surface area (Å²) < 4.78 is 10.6. The predicted molar refractivity (Wildman–Crippen MR) is 143 cm³/mol. The lowest BCUT2D eigenvalue weighted by Gasteiger charge is -2.15. The van der Waals surface area contributed by atoms with Crippen molar-refractivity contribution in [3.8, 4) is 22.9 Å². The number of hydrogen-bond donors (Lipinski definition) is 2. The Morgan fingerprint density at radius 3 is 2.41 bits per heavy atom. The highest BCUT2D eigenvalue weighted by Crippen LogP contribution is 2.31. The van der Waals surface area contributed by atoms with Crippen LogP contribution in [0, 0.1) is 0 Å². The van der Waals surface area contributed by atoms with E-state index < -0.39 is 0 Å². The fraction of sp³-hybridized carbons (Fsp3) is 0.103. The molecule has 0 unspecified atom stereocenters. The fourth-order valence-electron chi connectivity index (χ4n) is 3.89. The third-order valence-electron chi connectivity index (χ3n) is 5.86. The van der Waals surface area contributed by atoms with Crippen molar-refractivity contribution in [1.29, 1.82) is 0 Å². The van der Waals surface area contributed by atoms with Crippen molar-refractivity contribution in [2.75, 3.05) is 19.5 Å². The van der Waals surface area contributed by atoms with Gasteiger partial charge in [0.2, 0.25) is 0 Å². The molecule has 8 heteroatoms. The minimum Gasteiger partial charge on any atom is -0.497 e. The molecular weight excluding hydrogens is 466 g/mol. The van der Waals surface area contributed by atoms with Gasteiger partial charge in [-0.2, -0.15) is 0 Å². The zero-order valence-electron chi connectivity index (χ0n) is 20.4. The van der Waals surface area contributed by atoms with Gasteiger partial charge in [-0.3, -0.25) is 9.78 Å². The molecule has 0 atom stereocenters. The molecule has 2 N–H and O–H groups in total. The second-order valence-electron chi connectivity index (χ2n) is 8.22. The first-order valence-corrected chi connectivity index (χ1v) is 11.7. The van der Waals surface area contributed by atoms with E-state index in [-0.39, 0.29) is 5.91 Å². The summed E-state index contributed by atoms with van der Waals surface area (Å²) in [5.41, 5.74) is 3.60. The van der Waals surface area contributed by atoms with E-state index >= 15 is 0 Å². The molecule has 2 heterocycles. The molecule has 0 aliphatic rings. The summed E-state index contributed by atoms with van der Waals surface area (Å²) in [4.78, 5) is 26.9. The number of benzene rings is 3. The zero-order chi connectivity index (χ0) is 25.6. The number of nitrogens with one attached hydrogen (secondary N) is 2. The van der Waals surface area contributed by atoms with Gasteiger partial charge >= 0.3 is 0 Å². The maximum absolute atomic E-state index is 13.2. The molecule has 0 fully saturated rings. The lowest BCUT2D eigenvalue weighted by Crippen LogP contribution is -2.23. The van der Waals surface area contributed by atoms with Gasteiger partial charge in [0.25, 0.3) is 5.91 Å². The molecule has 5 rings (SSSR count). The maximum atomic E-state index is 13.2. The number of carbonyl (C=O) groups excluding carboxylic acids is 1. The quantitative estimate of drug-likeness (QED) is 0.301. The van der Waals surface area contributed by atoms with Gasteiger partial charge in [-0.15, -0.1) is 0 Å². The van der Waals surface area contributed by atoms with Gasteiger partial charge in [-0.25, -0.2) is 9.97 Å². The molecule has 0 radical (unpaired) electrons. The highest BCUT2D eigenvalue weighted by Gasteiger charge is 2.15. The van der Waals surface area contributed by atoms with E-state index in [0.717, 1.165) is 27.8 Å². The van der Waals surface area contributed by atoms with E-state index in [1.807, 2.05) is 72.8 Å². The van der Waals surface area contributed by atoms with Crippen LogP contribution >= 0.6 is 0 Å². The maximum Gasteiger partial charge on any atom is 0.253 e. The minimum absolute atomic E-state index is 0.206. The van der Waals surface area contributed by atoms with Crippen LogP contribution in [0.3, 0.4) is 0 Å². The first kappa shape index (κ1) is 23.7. The number of fused-ring (bicyclic) bond motifs is 1. The van der Waals surface area contributed by atoms with Crippen molar-refractivity contribution >= 4 is 28.3 Å². The zero-order valence-corrected chi connectivity index (χ0v) is 20.4. The highest BCUT2D eigenvalue weighted by atomic mass is 16.5. The molecule has 1 amide bonds. The number of pyridine rings is 1. The molecule has 0 aliphatic heterocycles. The van der Waals surface area contributed by atoms with Gasteiger partial charge in [-0.1, -0.05) is 24.3 Å². The third-order valence-corrected chi connectivity index (χ3v) is 5.86. The largest absolute Gasteiger partial charge is 0.497 e. The number of ether oxygens (including phenoxy) is 2. The van der Waals surface area contributed by atoms with Crippen molar-refractivity contribution in [2.24, 2.45) is 0 Å². The van der Waals surface area contributed by atoms with Gasteiger partial charge in [0, 0.05) is 29.9 Å². The average molecular weight is 492 g/mol. The van der Waals surface area contributed by atoms with Crippen LogP contribution in [0.15, 0.2) is 91.3 Å². The van der Waals surface area contributed by atoms with Crippen LogP contribution in [-0.4, -0.2) is 35.1 Å². The lowest BCUT2D eigenvalue weighted by molar-refractivity contribution is 0.0951. The number of para-hydroxylation sites is 1. The van der Waals surface area contributed by atoms with Crippen LogP contribution in [-0.2, 0) is 6.54 Å². The first-order chi connectivity index (χ1) is 18.1. The monoisotopic (exact) mass is 491 g/mol. The molecule has 0 aliphatic carbocycles. The second kappa shape index (κ2) is 10.7. The fourth-order valence-corrected chi connectivity index (χ4v) is 3.89. The van der Waals surface area contributed by atoms with E-state index in [2.05, 4.69) is 15.6 Å². The number of methoxy groups -OCH3 is 2. The van der Waals surface area contributed by atoms with Crippen molar-refractivity contribution in [1.82, 2.24) is 20.3 Å². The van der Waals surface area contributed by atoms with Crippen LogP contribution < -0.4 is 20.1 Å². The number of amides is 1. The standard InChI is InChI=1S/C29H25N5O3/c1-36-21-11-9-19(10-12-21)17-31-29(35)23-7-3-4-8-25(23)33-28-24-16-22(37-2)13-14-26(24)32-27(34-28)20-6-5-15-30-18-20/h3-16,18H,17H2,1-2H3,(H,31,35)(H,32,33,34). The summed E-state index contributed by atoms with van der Waals surface area (Å²) in [6, 6.07) is 24.2. The van der Waals surface area contributed by atoms with Crippen LogP contribution in [0.5, 0.6) is 11.5 Å². The Labute approximate surface area is 214 Å². The SMILES string of the molecule is COc1ccc(CNC(=O)c2ccccc2Nc2nc(-c3cccnc3)nc3ccc(OC)cc23)cc1. The number of carbonyl (C=O) groups is 1. The number of anilines is 2. The summed E-state index contributed by atoms with van der Waals surface area (Å²) in [6.45, 7) is 0.385. The van der Waals surface area contributed by atoms with Crippen LogP contribution in [0.4, 0.5) is 11.5 Å². The van der Waals surface area contributed by atoms with Crippen LogP contribution in [0.2, 0.25) is 0 Å². The molecule has 3 aromatic carbocycles. The van der Waals surface area contributed by atoms with Gasteiger partial charge in [0.05, 0.1) is 31.0 Å². The van der Waals surface area contributed by atoms with E-state index in [4.69, 9.17) is 19.4 Å². The molecule has 8 nitrogen and oxygen atoms in total. The second-order valence-corrected chi connectivity index (χ2v) is 8.22. The average Bonchev–Trinajstić information content (AvgIpc) is 2.96. The van der Waals surface area contributed by atoms with E-state index in [9.17, 15) is 4.79 Å². The number of aromatic nitrogens is 3. The van der Waals surface area contributed by atoms with E-state index in [0.29, 0.717) is 35.2 Å². The first-order valence-electron chi connectivity index (χ1n) is 11.7. The third kappa shape index (κ3) is 5.33. The topological polar surface area (TPSA) is 98.3 Å². The normalized spacial score (nSPS) is 10.6. The minimum atomic E-state index is -0.206. The molecule has 0 bridgehead atoms. The molecule has 0 spiro atoms. The van der Waals surface area contributed by atoms with Crippen molar-refractivity contribution in [3.05, 3.63) is 102 Å². The Morgan fingerprint density at radius 2 is 1.65 bits per heavy atom. The van der Waals surface area contributed by atoms with Gasteiger partial charge in [0.15, 0.2) is 5.82 Å². The summed E-state index contributed by atoms with van der Waals surface area (Å²) in [6.07, 6.45) is 3.42. The van der Waals surface area contributed by atoms with Crippen molar-refractivity contribution in [3.63, 3.8) is 0 Å². The molecule has 184 valence electrons. The van der Waals surface area contributed by atoms with Gasteiger partial charge in [0.1, 0.15) is 17.3 Å². The Bertz CT molecular complexity index is 1540. The predicted octanol–water partition coefficient (Wildman–Crippen LogP) is 5.38. The van der Waals surface area contributed by atoms with Crippen molar-refractivity contribution in [2.45, 2.75) is 6.54 Å². The number of rotatable bonds is 8. The Hall–Kier alpha value is -4.98. The Balaban J connectivity index is 1.47. The van der Waals surface area contributed by atoms with E-state index in [1.54, 1.807) is 32.7 Å². The molecule has 5 aromatic rings. The van der Waals surface area contributed by atoms with E-state index in [1.165, 1.54) is 0 Å². The molecule has 37 heavy (non-hydrogen) atoms. The van der Waals surface area contributed by atoms with Gasteiger partial charge < -0.3 is 20.1 Å². The molecular formula is C29H25N5O3. The molecule has 0 saturated heterocycles. The molecule has 0 saturated carbocycles. The Kier molecular flexibility index (Phi) is 6.89. The van der Waals surface area contributed by atoms with Crippen LogP contribution in [0.25, 0.3) is 22.3 Å². The van der Waals surface area contributed by atoms with Gasteiger partial charge in [-0.05, 0) is 60.2 Å². The molecule has 2 aromatic heterocycles. The summed E-state index contributed by atoms with van der Waals surface area (Å²) >= 11 is 0. The summed E-state index contributed by atoms with van der Waals surface area (Å²) in [5, 5.41) is 7.12. The summed E-state index contributed by atoms with van der Waals surface area (Å²) in [5.74, 6) is 2.32. The lowest BCUT2D eigenvalue weighted by atomic mass is 10.1. The number of nitrogens with zero attached hydrogens (tertiary/aromatic N) is 3. The summed E-state index contributed by atoms with van der Waals surface area (Å²) in [7, 11) is 3.24. The van der Waals surface area contributed by atoms with Crippen molar-refractivity contribution < 1.29 is 14.3 Å².